The molecule has 8 atom stereocenters. The number of hydrogen-bond acceptors (Lipinski definition) is 1. The van der Waals surface area contributed by atoms with Crippen LogP contribution in [0, 0.1) is 39.9 Å². The predicted molar refractivity (Wildman–Crippen MR) is 217 cm³/mol. The fourth-order valence-corrected chi connectivity index (χ4v) is 8.33. The monoisotopic (exact) mass is 638 g/mol. The van der Waals surface area contributed by atoms with Crippen LogP contribution in [0.2, 0.25) is 0 Å². The van der Waals surface area contributed by atoms with Gasteiger partial charge in [0.25, 0.3) is 0 Å². The van der Waals surface area contributed by atoms with Crippen LogP contribution in [0.15, 0.2) is 24.8 Å². The SMILES string of the molecule is C=C(C)C.C=CCCC(C)C(NC)C(C)CCC.CC.CC.CCC.CCC.CCC.CCCC1(C)C(C)C2(C)CCC3CC312. The summed E-state index contributed by atoms with van der Waals surface area (Å²) in [7, 11) is 2.08. The molecule has 3 fully saturated rings. The summed E-state index contributed by atoms with van der Waals surface area (Å²) in [6.07, 6.45) is 18.3. The third kappa shape index (κ3) is 17.4. The summed E-state index contributed by atoms with van der Waals surface area (Å²) in [5.41, 5.74) is 3.43. The highest BCUT2D eigenvalue weighted by molar-refractivity contribution is 5.32. The second kappa shape index (κ2) is 32.0. The van der Waals surface area contributed by atoms with E-state index < -0.39 is 0 Å². The standard InChI is InChI=1S/C14H24.C13H27N.C4H8.3C3H8.2C2H6/c1-5-7-12(3)10(2)13(4)8-6-11-9-14(11,12)13;1-6-8-10-12(4)13(14-5)11(3)9-7-2;1-4(2)3;3*1-3-2;2*1-2/h10-11H,5-9H2,1-4H3;6,11-14H,1,7-10H2,2-5H3;1H2,2-3H3;3*3H2,1-2H3;2*1-2H3. The van der Waals surface area contributed by atoms with Crippen LogP contribution in [-0.2, 0) is 0 Å². The first-order valence-corrected chi connectivity index (χ1v) is 20.1. The molecule has 0 amide bonds. The highest BCUT2D eigenvalue weighted by atomic mass is 14.9. The van der Waals surface area contributed by atoms with Crippen molar-refractivity contribution in [2.75, 3.05) is 7.05 Å². The van der Waals surface area contributed by atoms with Gasteiger partial charge in [-0.25, -0.2) is 0 Å². The molecule has 1 nitrogen and oxygen atoms in total. The molecular formula is C44H95N. The van der Waals surface area contributed by atoms with E-state index in [1.807, 2.05) is 47.6 Å². The van der Waals surface area contributed by atoms with Gasteiger partial charge < -0.3 is 5.32 Å². The fourth-order valence-electron chi connectivity index (χ4n) is 8.33. The smallest absolute Gasteiger partial charge is 0.0115 e. The van der Waals surface area contributed by atoms with Crippen LogP contribution in [0.3, 0.4) is 0 Å². The lowest BCUT2D eigenvalue weighted by molar-refractivity contribution is -0.193. The lowest BCUT2D eigenvalue weighted by atomic mass is 9.37. The van der Waals surface area contributed by atoms with E-state index in [2.05, 4.69) is 116 Å². The molecule has 0 aromatic carbocycles. The van der Waals surface area contributed by atoms with Gasteiger partial charge in [0.15, 0.2) is 0 Å². The minimum atomic E-state index is 0.662. The highest BCUT2D eigenvalue weighted by Crippen LogP contribution is 2.91. The molecule has 1 N–H and O–H groups in total. The molecule has 0 aromatic rings. The van der Waals surface area contributed by atoms with Crippen molar-refractivity contribution in [3.05, 3.63) is 24.8 Å². The third-order valence-corrected chi connectivity index (χ3v) is 9.97. The van der Waals surface area contributed by atoms with Crippen LogP contribution in [0.5, 0.6) is 0 Å². The van der Waals surface area contributed by atoms with E-state index in [9.17, 15) is 0 Å². The molecule has 3 saturated carbocycles. The average Bonchev–Trinajstić information content (AvgIpc) is 3.70. The molecule has 1 spiro atoms. The van der Waals surface area contributed by atoms with Crippen LogP contribution in [-0.4, -0.2) is 13.1 Å². The Hall–Kier alpha value is -0.560. The highest BCUT2D eigenvalue weighted by Gasteiger charge is 2.84. The van der Waals surface area contributed by atoms with E-state index in [4.69, 9.17) is 0 Å². The second-order valence-electron chi connectivity index (χ2n) is 14.5. The van der Waals surface area contributed by atoms with E-state index in [1.165, 1.54) is 63.4 Å². The molecule has 8 unspecified atom stereocenters. The van der Waals surface area contributed by atoms with Crippen molar-refractivity contribution >= 4 is 0 Å². The Morgan fingerprint density at radius 1 is 0.822 bits per heavy atom. The van der Waals surface area contributed by atoms with Crippen LogP contribution in [0.1, 0.15) is 209 Å². The largest absolute Gasteiger partial charge is 0.316 e. The molecule has 0 aromatic heterocycles. The van der Waals surface area contributed by atoms with E-state index in [0.717, 1.165) is 40.9 Å². The number of rotatable bonds is 10. The normalized spacial score (nSPS) is 27.5. The molecule has 0 saturated heterocycles. The summed E-state index contributed by atoms with van der Waals surface area (Å²) in [5.74, 6) is 3.63. The fraction of sp³-hybridized carbons (Fsp3) is 0.909. The minimum absolute atomic E-state index is 0.662. The van der Waals surface area contributed by atoms with Crippen molar-refractivity contribution in [2.24, 2.45) is 39.9 Å². The molecule has 3 aliphatic carbocycles. The van der Waals surface area contributed by atoms with Gasteiger partial charge in [0.05, 0.1) is 0 Å². The molecule has 276 valence electrons. The first kappa shape index (κ1) is 53.9. The van der Waals surface area contributed by atoms with E-state index in [-0.39, 0.29) is 0 Å². The van der Waals surface area contributed by atoms with Crippen LogP contribution >= 0.6 is 0 Å². The van der Waals surface area contributed by atoms with Gasteiger partial charge in [-0.1, -0.05) is 161 Å². The maximum absolute atomic E-state index is 3.78. The Bertz CT molecular complexity index is 628. The van der Waals surface area contributed by atoms with Crippen molar-refractivity contribution in [1.29, 1.82) is 0 Å². The van der Waals surface area contributed by atoms with Crippen LogP contribution in [0.4, 0.5) is 0 Å². The van der Waals surface area contributed by atoms with Crippen molar-refractivity contribution in [2.45, 2.75) is 215 Å². The zero-order valence-electron chi connectivity index (χ0n) is 35.9. The van der Waals surface area contributed by atoms with Gasteiger partial charge in [-0.15, -0.1) is 13.2 Å². The van der Waals surface area contributed by atoms with Crippen molar-refractivity contribution in [3.63, 3.8) is 0 Å². The predicted octanol–water partition coefficient (Wildman–Crippen LogP) is 15.7. The Morgan fingerprint density at radius 2 is 1.22 bits per heavy atom. The molecule has 1 heteroatoms. The maximum Gasteiger partial charge on any atom is 0.0115 e. The van der Waals surface area contributed by atoms with E-state index in [1.54, 1.807) is 12.8 Å². The Kier molecular flexibility index (Phi) is 38.3. The van der Waals surface area contributed by atoms with Crippen molar-refractivity contribution < 1.29 is 0 Å². The van der Waals surface area contributed by atoms with E-state index >= 15 is 0 Å². The number of nitrogens with one attached hydrogen (secondary N) is 1. The summed E-state index contributed by atoms with van der Waals surface area (Å²) in [6.45, 7) is 49.1. The third-order valence-electron chi connectivity index (χ3n) is 9.97. The summed E-state index contributed by atoms with van der Waals surface area (Å²) < 4.78 is 0. The maximum atomic E-state index is 3.78. The van der Waals surface area contributed by atoms with Gasteiger partial charge in [-0.2, -0.15) is 0 Å². The molecule has 0 aliphatic heterocycles. The summed E-state index contributed by atoms with van der Waals surface area (Å²) in [6, 6.07) is 0.662. The van der Waals surface area contributed by atoms with Crippen LogP contribution < -0.4 is 5.32 Å². The topological polar surface area (TPSA) is 12.0 Å². The van der Waals surface area contributed by atoms with Crippen molar-refractivity contribution in [3.8, 4) is 0 Å². The Labute approximate surface area is 291 Å². The number of hydrogen-bond donors (Lipinski definition) is 1. The molecule has 0 heterocycles. The molecule has 0 bridgehead atoms. The van der Waals surface area contributed by atoms with Gasteiger partial charge in [0.2, 0.25) is 0 Å². The summed E-state index contributed by atoms with van der Waals surface area (Å²) in [5, 5.41) is 3.46. The minimum Gasteiger partial charge on any atom is -0.316 e. The lowest BCUT2D eigenvalue weighted by Crippen LogP contribution is -2.61. The average molecular weight is 638 g/mol. The van der Waals surface area contributed by atoms with Crippen LogP contribution in [0.25, 0.3) is 0 Å². The van der Waals surface area contributed by atoms with Gasteiger partial charge in [-0.05, 0) is 106 Å². The summed E-state index contributed by atoms with van der Waals surface area (Å²) in [4.78, 5) is 0. The first-order valence-electron chi connectivity index (χ1n) is 20.1. The molecule has 45 heavy (non-hydrogen) atoms. The Morgan fingerprint density at radius 3 is 1.53 bits per heavy atom. The van der Waals surface area contributed by atoms with E-state index in [0.29, 0.717) is 11.5 Å². The van der Waals surface area contributed by atoms with Crippen molar-refractivity contribution in [1.82, 2.24) is 5.32 Å². The second-order valence-corrected chi connectivity index (χ2v) is 14.5. The molecule has 3 rings (SSSR count). The Balaban J connectivity index is -0.000000160. The zero-order valence-corrected chi connectivity index (χ0v) is 35.9. The summed E-state index contributed by atoms with van der Waals surface area (Å²) >= 11 is 0. The lowest BCUT2D eigenvalue weighted by Gasteiger charge is -2.67. The van der Waals surface area contributed by atoms with Gasteiger partial charge in [0.1, 0.15) is 0 Å². The quantitative estimate of drug-likeness (QED) is 0.235. The van der Waals surface area contributed by atoms with Gasteiger partial charge in [-0.3, -0.25) is 0 Å². The zero-order chi connectivity index (χ0) is 36.9. The number of allylic oxidation sites excluding steroid dienone is 2. The molecule has 0 radical (unpaired) electrons. The molecular weight excluding hydrogens is 542 g/mol. The molecule has 3 aliphatic rings. The first-order chi connectivity index (χ1) is 21.2. The van der Waals surface area contributed by atoms with Gasteiger partial charge in [0, 0.05) is 6.04 Å². The van der Waals surface area contributed by atoms with Gasteiger partial charge >= 0.3 is 0 Å².